The van der Waals surface area contributed by atoms with Crippen molar-refractivity contribution in [1.82, 2.24) is 4.90 Å². The zero-order chi connectivity index (χ0) is 16.8. The van der Waals surface area contributed by atoms with E-state index in [1.165, 1.54) is 0 Å². The second-order valence-electron chi connectivity index (χ2n) is 6.31. The maximum Gasteiger partial charge on any atom is 0.312 e. The first-order valence-corrected chi connectivity index (χ1v) is 7.28. The van der Waals surface area contributed by atoms with Gasteiger partial charge in [0.1, 0.15) is 6.73 Å². The second-order valence-corrected chi connectivity index (χ2v) is 6.31. The van der Waals surface area contributed by atoms with Gasteiger partial charge in [-0.25, -0.2) is 0 Å². The average Bonchev–Trinajstić information content (AvgIpc) is 2.49. The van der Waals surface area contributed by atoms with Crippen molar-refractivity contribution in [2.75, 3.05) is 13.3 Å². The molecular formula is C17H24N2O3. The van der Waals surface area contributed by atoms with Crippen molar-refractivity contribution < 1.29 is 14.6 Å². The summed E-state index contributed by atoms with van der Waals surface area (Å²) in [7, 11) is 0. The molecule has 0 aliphatic carbocycles. The Balaban J connectivity index is 2.74. The monoisotopic (exact) mass is 304 g/mol. The molecule has 1 aromatic rings. The number of benzene rings is 1. The summed E-state index contributed by atoms with van der Waals surface area (Å²) in [6.07, 6.45) is -0.761. The van der Waals surface area contributed by atoms with Crippen molar-refractivity contribution in [2.45, 2.75) is 39.8 Å². The highest BCUT2D eigenvalue weighted by Gasteiger charge is 2.27. The van der Waals surface area contributed by atoms with Gasteiger partial charge in [0.25, 0.3) is 0 Å². The molecule has 0 aromatic heterocycles. The minimum absolute atomic E-state index is 0.0191. The Hall–Kier alpha value is -1.90. The van der Waals surface area contributed by atoms with E-state index in [9.17, 15) is 9.90 Å². The van der Waals surface area contributed by atoms with Gasteiger partial charge in [-0.2, -0.15) is 5.26 Å². The van der Waals surface area contributed by atoms with Crippen molar-refractivity contribution in [3.8, 4) is 6.07 Å². The minimum atomic E-state index is -0.761. The summed E-state index contributed by atoms with van der Waals surface area (Å²) in [5, 5.41) is 19.4. The van der Waals surface area contributed by atoms with Crippen molar-refractivity contribution in [1.29, 1.82) is 5.26 Å². The number of esters is 1. The molecule has 1 N–H and O–H groups in total. The van der Waals surface area contributed by atoms with Crippen LogP contribution >= 0.6 is 0 Å². The lowest BCUT2D eigenvalue weighted by Gasteiger charge is -2.31. The van der Waals surface area contributed by atoms with E-state index in [1.54, 1.807) is 32.6 Å². The number of hydrogen-bond acceptors (Lipinski definition) is 5. The first kappa shape index (κ1) is 18.1. The molecule has 120 valence electrons. The number of nitrogens with zero attached hydrogens (tertiary/aromatic N) is 2. The van der Waals surface area contributed by atoms with Gasteiger partial charge in [-0.05, 0) is 33.3 Å². The Kier molecular flexibility index (Phi) is 6.54. The molecular weight excluding hydrogens is 280 g/mol. The summed E-state index contributed by atoms with van der Waals surface area (Å²) in [6.45, 7) is 7.17. The van der Waals surface area contributed by atoms with Gasteiger partial charge in [-0.1, -0.05) is 30.3 Å². The average molecular weight is 304 g/mol. The molecule has 0 unspecified atom stereocenters. The Morgan fingerprint density at radius 2 is 1.95 bits per heavy atom. The highest BCUT2D eigenvalue weighted by Crippen LogP contribution is 2.21. The molecule has 1 aromatic carbocycles. The van der Waals surface area contributed by atoms with Crippen LogP contribution < -0.4 is 0 Å². The van der Waals surface area contributed by atoms with Gasteiger partial charge < -0.3 is 9.84 Å². The van der Waals surface area contributed by atoms with Crippen molar-refractivity contribution in [2.24, 2.45) is 5.41 Å². The van der Waals surface area contributed by atoms with E-state index in [0.717, 1.165) is 5.56 Å². The number of aliphatic hydroxyl groups is 1. The maximum absolute atomic E-state index is 11.8. The lowest BCUT2D eigenvalue weighted by atomic mass is 9.97. The third-order valence-corrected chi connectivity index (χ3v) is 3.42. The first-order valence-electron chi connectivity index (χ1n) is 7.28. The van der Waals surface area contributed by atoms with Gasteiger partial charge in [0.2, 0.25) is 0 Å². The number of nitriles is 1. The summed E-state index contributed by atoms with van der Waals surface area (Å²) >= 11 is 0. The predicted molar refractivity (Wildman–Crippen MR) is 83.6 cm³/mol. The highest BCUT2D eigenvalue weighted by atomic mass is 16.5. The largest absolute Gasteiger partial charge is 0.449 e. The molecule has 1 rings (SSSR count). The Morgan fingerprint density at radius 3 is 2.45 bits per heavy atom. The first-order chi connectivity index (χ1) is 10.3. The lowest BCUT2D eigenvalue weighted by molar-refractivity contribution is -0.159. The Morgan fingerprint density at radius 1 is 1.36 bits per heavy atom. The molecule has 0 fully saturated rings. The minimum Gasteiger partial charge on any atom is -0.449 e. The molecule has 0 bridgehead atoms. The van der Waals surface area contributed by atoms with Gasteiger partial charge in [-0.3, -0.25) is 9.69 Å². The molecule has 0 heterocycles. The molecule has 5 heteroatoms. The highest BCUT2D eigenvalue weighted by molar-refractivity contribution is 5.75. The molecule has 0 saturated heterocycles. The molecule has 5 nitrogen and oxygen atoms in total. The fourth-order valence-electron chi connectivity index (χ4n) is 1.88. The normalized spacial score (nSPS) is 14.2. The fraction of sp³-hybridized carbons (Fsp3) is 0.529. The van der Waals surface area contributed by atoms with E-state index in [2.05, 4.69) is 0 Å². The molecule has 22 heavy (non-hydrogen) atoms. The molecule has 0 radical (unpaired) electrons. The quantitative estimate of drug-likeness (QED) is 0.496. The van der Waals surface area contributed by atoms with E-state index in [-0.39, 0.29) is 25.3 Å². The van der Waals surface area contributed by atoms with Gasteiger partial charge in [0.15, 0.2) is 0 Å². The van der Waals surface area contributed by atoms with E-state index >= 15 is 0 Å². The van der Waals surface area contributed by atoms with Crippen LogP contribution in [0.4, 0.5) is 0 Å². The molecule has 2 atom stereocenters. The van der Waals surface area contributed by atoms with Gasteiger partial charge in [0, 0.05) is 6.04 Å². The number of hydrogen-bond donors (Lipinski definition) is 1. The van der Waals surface area contributed by atoms with Gasteiger partial charge >= 0.3 is 5.97 Å². The smallest absolute Gasteiger partial charge is 0.312 e. The van der Waals surface area contributed by atoms with E-state index in [0.29, 0.717) is 0 Å². The number of carbonyl (C=O) groups excluding carboxylic acids is 1. The number of ether oxygens (including phenoxy) is 1. The Bertz CT molecular complexity index is 517. The molecule has 0 aliphatic rings. The van der Waals surface area contributed by atoms with Crippen LogP contribution in [0.2, 0.25) is 0 Å². The summed E-state index contributed by atoms with van der Waals surface area (Å²) in [5.41, 5.74) is 0.166. The zero-order valence-corrected chi connectivity index (χ0v) is 13.6. The SMILES string of the molecule is C[C@@H]([C@H](O)c1ccccc1)N(CC#N)COC(=O)C(C)(C)C. The standard InChI is InChI=1S/C17H24N2O3/c1-13(15(20)14-8-6-5-7-9-14)19(11-10-18)12-22-16(21)17(2,3)4/h5-9,13,15,20H,11-12H2,1-4H3/t13-,15-/m0/s1. The van der Waals surface area contributed by atoms with Gasteiger partial charge in [0.05, 0.1) is 24.1 Å². The van der Waals surface area contributed by atoms with Crippen LogP contribution in [0, 0.1) is 16.7 Å². The van der Waals surface area contributed by atoms with Gasteiger partial charge in [-0.15, -0.1) is 0 Å². The Labute approximate surface area is 132 Å². The van der Waals surface area contributed by atoms with Crippen LogP contribution in [-0.4, -0.2) is 35.3 Å². The number of carbonyl (C=O) groups is 1. The lowest BCUT2D eigenvalue weighted by Crippen LogP contribution is -2.41. The van der Waals surface area contributed by atoms with Crippen molar-refractivity contribution in [3.63, 3.8) is 0 Å². The third kappa shape index (κ3) is 5.14. The third-order valence-electron chi connectivity index (χ3n) is 3.42. The molecule has 0 saturated carbocycles. The predicted octanol–water partition coefficient (Wildman–Crippen LogP) is 2.48. The second kappa shape index (κ2) is 7.92. The van der Waals surface area contributed by atoms with Crippen molar-refractivity contribution >= 4 is 5.97 Å². The van der Waals surface area contributed by atoms with Crippen LogP contribution in [0.15, 0.2) is 30.3 Å². The van der Waals surface area contributed by atoms with E-state index in [1.807, 2.05) is 36.4 Å². The van der Waals surface area contributed by atoms with Crippen LogP contribution in [0.1, 0.15) is 39.4 Å². The van der Waals surface area contributed by atoms with Crippen LogP contribution in [0.5, 0.6) is 0 Å². The zero-order valence-electron chi connectivity index (χ0n) is 13.6. The number of aliphatic hydroxyl groups excluding tert-OH is 1. The topological polar surface area (TPSA) is 73.6 Å². The van der Waals surface area contributed by atoms with Crippen LogP contribution in [0.25, 0.3) is 0 Å². The van der Waals surface area contributed by atoms with Crippen LogP contribution in [-0.2, 0) is 9.53 Å². The summed E-state index contributed by atoms with van der Waals surface area (Å²) in [4.78, 5) is 13.5. The fourth-order valence-corrected chi connectivity index (χ4v) is 1.88. The molecule has 0 aliphatic heterocycles. The molecule has 0 spiro atoms. The molecule has 0 amide bonds. The number of rotatable bonds is 6. The van der Waals surface area contributed by atoms with E-state index in [4.69, 9.17) is 10.00 Å². The summed E-state index contributed by atoms with van der Waals surface area (Å²) in [5.74, 6) is -0.336. The summed E-state index contributed by atoms with van der Waals surface area (Å²) < 4.78 is 5.25. The maximum atomic E-state index is 11.8. The van der Waals surface area contributed by atoms with E-state index < -0.39 is 11.5 Å². The van der Waals surface area contributed by atoms with Crippen LogP contribution in [0.3, 0.4) is 0 Å². The summed E-state index contributed by atoms with van der Waals surface area (Å²) in [6, 6.07) is 10.9. The van der Waals surface area contributed by atoms with Crippen molar-refractivity contribution in [3.05, 3.63) is 35.9 Å².